The smallest absolute Gasteiger partial charge is 0.133 e. The Hall–Kier alpha value is 1.47. The van der Waals surface area contributed by atoms with Crippen LogP contribution in [0.1, 0.15) is 13.8 Å². The maximum Gasteiger partial charge on any atom is 0.133 e. The molecular weight excluding hydrogens is 347 g/mol. The maximum atomic E-state index is 10.3. The van der Waals surface area contributed by atoms with Crippen molar-refractivity contribution in [2.45, 2.75) is 19.9 Å². The minimum absolute atomic E-state index is 0. The van der Waals surface area contributed by atoms with Crippen molar-refractivity contribution in [1.82, 2.24) is 9.57 Å². The fraction of sp³-hybridized carbons (Fsp3) is 0.900. The van der Waals surface area contributed by atoms with E-state index in [4.69, 9.17) is 5.11 Å². The standard InChI is InChI=1S/C7H15N2O2P.C2H6.CH5OP.Y/c10-4-3-8-1-2-9(12)5-7(8)6-11;1-2;1-2-3;/h4,7,11H,1-3,5-6,12H2;1-2H3;3H2,1H3;. The van der Waals surface area contributed by atoms with Crippen molar-refractivity contribution in [2.75, 3.05) is 39.9 Å². The van der Waals surface area contributed by atoms with E-state index >= 15 is 0 Å². The predicted molar refractivity (Wildman–Crippen MR) is 77.9 cm³/mol. The van der Waals surface area contributed by atoms with Crippen molar-refractivity contribution < 1.29 is 47.1 Å². The van der Waals surface area contributed by atoms with E-state index in [1.54, 1.807) is 7.11 Å². The molecule has 5 nitrogen and oxygen atoms in total. The van der Waals surface area contributed by atoms with Crippen molar-refractivity contribution in [3.63, 3.8) is 0 Å². The Kier molecular flexibility index (Phi) is 25.1. The van der Waals surface area contributed by atoms with Crippen LogP contribution >= 0.6 is 18.9 Å². The zero-order valence-corrected chi connectivity index (χ0v) is 16.7. The molecule has 1 saturated heterocycles. The fourth-order valence-electron chi connectivity index (χ4n) is 1.43. The van der Waals surface area contributed by atoms with E-state index in [1.165, 1.54) is 0 Å². The average molecular weight is 373 g/mol. The van der Waals surface area contributed by atoms with E-state index in [0.717, 1.165) is 25.9 Å². The molecule has 0 bridgehead atoms. The van der Waals surface area contributed by atoms with Crippen molar-refractivity contribution in [2.24, 2.45) is 0 Å². The number of hydrogen-bond donors (Lipinski definition) is 1. The molecule has 1 heterocycles. The van der Waals surface area contributed by atoms with E-state index in [2.05, 4.69) is 28.1 Å². The second-order valence-corrected chi connectivity index (χ2v) is 4.43. The SMILES string of the molecule is CC.COP.O=CCN1CCN(P)CC1CO.[Y]. The van der Waals surface area contributed by atoms with Crippen LogP contribution in [0.4, 0.5) is 0 Å². The molecule has 107 valence electrons. The number of carbonyl (C=O) groups excluding carboxylic acids is 1. The van der Waals surface area contributed by atoms with Crippen LogP contribution in [0.3, 0.4) is 0 Å². The quantitative estimate of drug-likeness (QED) is 0.574. The van der Waals surface area contributed by atoms with Crippen molar-refractivity contribution in [3.8, 4) is 0 Å². The van der Waals surface area contributed by atoms with Gasteiger partial charge in [0.1, 0.15) is 6.29 Å². The van der Waals surface area contributed by atoms with Gasteiger partial charge in [-0.2, -0.15) is 0 Å². The number of nitrogens with zero attached hydrogens (tertiary/aromatic N) is 2. The largest absolute Gasteiger partial charge is 0.395 e. The monoisotopic (exact) mass is 373 g/mol. The van der Waals surface area contributed by atoms with Gasteiger partial charge in [-0.15, -0.1) is 0 Å². The van der Waals surface area contributed by atoms with Gasteiger partial charge in [0, 0.05) is 65.5 Å². The number of aliphatic hydroxyl groups excluding tert-OH is 1. The summed E-state index contributed by atoms with van der Waals surface area (Å²) in [7, 11) is 6.28. The minimum Gasteiger partial charge on any atom is -0.395 e. The van der Waals surface area contributed by atoms with Gasteiger partial charge in [-0.05, 0) is 9.47 Å². The Balaban J connectivity index is -0.000000329. The number of rotatable bonds is 3. The molecule has 0 aromatic heterocycles. The van der Waals surface area contributed by atoms with E-state index in [9.17, 15) is 4.79 Å². The predicted octanol–water partition coefficient (Wildman–Crippen LogP) is 0.401. The zero-order valence-electron chi connectivity index (χ0n) is 11.6. The van der Waals surface area contributed by atoms with Gasteiger partial charge in [-0.3, -0.25) is 9.57 Å². The molecule has 1 fully saturated rings. The molecule has 1 radical (unpaired) electrons. The number of carbonyl (C=O) groups is 1. The van der Waals surface area contributed by atoms with Crippen molar-refractivity contribution in [3.05, 3.63) is 0 Å². The Morgan fingerprint density at radius 2 is 1.94 bits per heavy atom. The third-order valence-electron chi connectivity index (χ3n) is 2.16. The van der Waals surface area contributed by atoms with Crippen LogP contribution in [-0.2, 0) is 42.0 Å². The third kappa shape index (κ3) is 12.5. The summed E-state index contributed by atoms with van der Waals surface area (Å²) in [6.07, 6.45) is 0.890. The minimum atomic E-state index is 0. The molecular formula is C10H26N2O3P2Y. The normalized spacial score (nSPS) is 19.6. The Labute approximate surface area is 141 Å². The first-order valence-electron chi connectivity index (χ1n) is 5.70. The molecule has 0 aliphatic carbocycles. The van der Waals surface area contributed by atoms with Gasteiger partial charge in [-0.25, -0.2) is 0 Å². The summed E-state index contributed by atoms with van der Waals surface area (Å²) in [5, 5.41) is 9.01. The van der Waals surface area contributed by atoms with Gasteiger partial charge in [0.25, 0.3) is 0 Å². The average Bonchev–Trinajstić information content (AvgIpc) is 2.35. The van der Waals surface area contributed by atoms with Crippen LogP contribution in [0.2, 0.25) is 0 Å². The van der Waals surface area contributed by atoms with Gasteiger partial charge in [0.15, 0.2) is 0 Å². The van der Waals surface area contributed by atoms with Gasteiger partial charge >= 0.3 is 0 Å². The van der Waals surface area contributed by atoms with E-state index < -0.39 is 0 Å². The Morgan fingerprint density at radius 3 is 2.33 bits per heavy atom. The third-order valence-corrected chi connectivity index (χ3v) is 2.62. The molecule has 1 aliphatic heterocycles. The number of aldehydes is 1. The molecule has 3 atom stereocenters. The van der Waals surface area contributed by atoms with Crippen molar-refractivity contribution >= 4 is 25.1 Å². The van der Waals surface area contributed by atoms with Crippen LogP contribution in [0.5, 0.6) is 0 Å². The second-order valence-electron chi connectivity index (χ2n) is 3.23. The van der Waals surface area contributed by atoms with Gasteiger partial charge < -0.3 is 14.4 Å². The van der Waals surface area contributed by atoms with Gasteiger partial charge in [0.05, 0.1) is 13.2 Å². The molecule has 1 aliphatic rings. The topological polar surface area (TPSA) is 53.0 Å². The summed E-state index contributed by atoms with van der Waals surface area (Å²) in [5.74, 6) is 0. The molecule has 0 aromatic rings. The number of piperazine rings is 1. The van der Waals surface area contributed by atoms with Gasteiger partial charge in [-0.1, -0.05) is 23.2 Å². The molecule has 3 unspecified atom stereocenters. The Bertz CT molecular complexity index is 181. The van der Waals surface area contributed by atoms with Crippen LogP contribution < -0.4 is 0 Å². The summed E-state index contributed by atoms with van der Waals surface area (Å²) >= 11 is 0. The van der Waals surface area contributed by atoms with Crippen LogP contribution in [0.15, 0.2) is 0 Å². The zero-order chi connectivity index (χ0) is 13.7. The molecule has 0 aromatic carbocycles. The molecule has 0 spiro atoms. The van der Waals surface area contributed by atoms with Crippen LogP contribution in [0, 0.1) is 0 Å². The van der Waals surface area contributed by atoms with Crippen LogP contribution in [0.25, 0.3) is 0 Å². The summed E-state index contributed by atoms with van der Waals surface area (Å²) in [6, 6.07) is 0.112. The Morgan fingerprint density at radius 1 is 1.44 bits per heavy atom. The van der Waals surface area contributed by atoms with E-state index in [-0.39, 0.29) is 45.4 Å². The summed E-state index contributed by atoms with van der Waals surface area (Å²) in [5.41, 5.74) is 0. The van der Waals surface area contributed by atoms with E-state index in [1.807, 2.05) is 18.7 Å². The summed E-state index contributed by atoms with van der Waals surface area (Å²) in [6.45, 7) is 7.17. The number of aliphatic hydroxyl groups is 1. The second kappa shape index (κ2) is 18.5. The summed E-state index contributed by atoms with van der Waals surface area (Å²) < 4.78 is 6.25. The summed E-state index contributed by atoms with van der Waals surface area (Å²) in [4.78, 5) is 12.3. The fourth-order valence-corrected chi connectivity index (χ4v) is 1.79. The molecule has 8 heteroatoms. The first-order chi connectivity index (χ1) is 8.19. The van der Waals surface area contributed by atoms with Crippen molar-refractivity contribution in [1.29, 1.82) is 0 Å². The maximum absolute atomic E-state index is 10.3. The van der Waals surface area contributed by atoms with Crippen LogP contribution in [-0.4, -0.2) is 66.9 Å². The first kappa shape index (κ1) is 24.5. The molecule has 1 N–H and O–H groups in total. The number of hydrogen-bond acceptors (Lipinski definition) is 5. The molecule has 0 amide bonds. The molecule has 1 rings (SSSR count). The molecule has 0 saturated carbocycles. The van der Waals surface area contributed by atoms with Gasteiger partial charge in [0.2, 0.25) is 0 Å². The van der Waals surface area contributed by atoms with E-state index in [0.29, 0.717) is 6.54 Å². The first-order valence-corrected chi connectivity index (χ1v) is 6.69. The molecule has 18 heavy (non-hydrogen) atoms.